The highest BCUT2D eigenvalue weighted by Gasteiger charge is 2.26. The number of para-hydroxylation sites is 1. The highest BCUT2D eigenvalue weighted by Crippen LogP contribution is 2.29. The molecule has 31 heavy (non-hydrogen) atoms. The number of carbonyl (C=O) groups excluding carboxylic acids is 1. The number of nitrogens with one attached hydrogen (secondary N) is 1. The van der Waals surface area contributed by atoms with Gasteiger partial charge >= 0.3 is 0 Å². The normalized spacial score (nSPS) is 14.4. The van der Waals surface area contributed by atoms with Crippen LogP contribution in [0.25, 0.3) is 11.3 Å². The Labute approximate surface area is 191 Å². The van der Waals surface area contributed by atoms with Gasteiger partial charge in [0.1, 0.15) is 5.75 Å². The Balaban J connectivity index is 1.37. The van der Waals surface area contributed by atoms with Crippen molar-refractivity contribution in [2.24, 2.45) is 5.92 Å². The molecule has 1 aliphatic heterocycles. The molecule has 1 N–H and O–H groups in total. The first-order valence-corrected chi connectivity index (χ1v) is 10.8. The van der Waals surface area contributed by atoms with Crippen molar-refractivity contribution in [1.29, 1.82) is 0 Å². The number of halogens is 2. The van der Waals surface area contributed by atoms with Crippen LogP contribution >= 0.6 is 23.2 Å². The molecule has 8 heteroatoms. The Morgan fingerprint density at radius 1 is 1.03 bits per heavy atom. The summed E-state index contributed by atoms with van der Waals surface area (Å²) in [5.41, 5.74) is 2.28. The van der Waals surface area contributed by atoms with Crippen LogP contribution in [-0.2, 0) is 4.79 Å². The average molecular weight is 457 g/mol. The number of anilines is 2. The Kier molecular flexibility index (Phi) is 6.59. The van der Waals surface area contributed by atoms with Crippen molar-refractivity contribution in [2.45, 2.75) is 12.8 Å². The van der Waals surface area contributed by atoms with E-state index in [0.29, 0.717) is 15.7 Å². The van der Waals surface area contributed by atoms with E-state index < -0.39 is 0 Å². The molecule has 1 saturated heterocycles. The van der Waals surface area contributed by atoms with Crippen LogP contribution in [0.1, 0.15) is 12.8 Å². The van der Waals surface area contributed by atoms with Gasteiger partial charge in [-0.25, -0.2) is 0 Å². The highest BCUT2D eigenvalue weighted by atomic mass is 35.5. The topological polar surface area (TPSA) is 67.3 Å². The summed E-state index contributed by atoms with van der Waals surface area (Å²) in [6.45, 7) is 1.47. The predicted octanol–water partition coefficient (Wildman–Crippen LogP) is 5.31. The first kappa shape index (κ1) is 21.4. The molecule has 6 nitrogen and oxygen atoms in total. The van der Waals surface area contributed by atoms with E-state index in [9.17, 15) is 4.79 Å². The second kappa shape index (κ2) is 9.54. The maximum atomic E-state index is 12.6. The van der Waals surface area contributed by atoms with E-state index in [0.717, 1.165) is 48.8 Å². The second-order valence-corrected chi connectivity index (χ2v) is 8.26. The number of ether oxygens (including phenoxy) is 1. The van der Waals surface area contributed by atoms with Crippen LogP contribution in [-0.4, -0.2) is 36.3 Å². The van der Waals surface area contributed by atoms with Gasteiger partial charge in [0.2, 0.25) is 5.91 Å². The summed E-state index contributed by atoms with van der Waals surface area (Å²) < 4.78 is 5.41. The molecule has 160 valence electrons. The maximum absolute atomic E-state index is 12.6. The third-order valence-electron chi connectivity index (χ3n) is 5.35. The minimum Gasteiger partial charge on any atom is -0.496 e. The Morgan fingerprint density at radius 2 is 1.74 bits per heavy atom. The number of piperidine rings is 1. The molecule has 0 spiro atoms. The van der Waals surface area contributed by atoms with Crippen molar-refractivity contribution in [3.63, 3.8) is 0 Å². The SMILES string of the molecule is COc1ccccc1-c1ccc(N2CCC(C(=O)Nc3cc(Cl)cc(Cl)c3)CC2)nn1. The van der Waals surface area contributed by atoms with E-state index in [4.69, 9.17) is 27.9 Å². The summed E-state index contributed by atoms with van der Waals surface area (Å²) in [4.78, 5) is 14.8. The monoisotopic (exact) mass is 456 g/mol. The molecule has 2 aromatic carbocycles. The number of hydrogen-bond donors (Lipinski definition) is 1. The van der Waals surface area contributed by atoms with Gasteiger partial charge in [-0.1, -0.05) is 35.3 Å². The molecule has 0 unspecified atom stereocenters. The van der Waals surface area contributed by atoms with Crippen LogP contribution < -0.4 is 15.0 Å². The molecule has 0 aliphatic carbocycles. The highest BCUT2D eigenvalue weighted by molar-refractivity contribution is 6.35. The Hall–Kier alpha value is -2.83. The number of aromatic nitrogens is 2. The molecule has 0 saturated carbocycles. The number of nitrogens with zero attached hydrogens (tertiary/aromatic N) is 3. The lowest BCUT2D eigenvalue weighted by Crippen LogP contribution is -2.38. The van der Waals surface area contributed by atoms with Crippen LogP contribution in [0.5, 0.6) is 5.75 Å². The lowest BCUT2D eigenvalue weighted by atomic mass is 9.95. The quantitative estimate of drug-likeness (QED) is 0.562. The van der Waals surface area contributed by atoms with Crippen molar-refractivity contribution in [3.8, 4) is 17.0 Å². The Morgan fingerprint density at radius 3 is 2.39 bits per heavy atom. The first-order valence-electron chi connectivity index (χ1n) is 10.0. The molecule has 4 rings (SSSR count). The summed E-state index contributed by atoms with van der Waals surface area (Å²) in [6.07, 6.45) is 1.46. The van der Waals surface area contributed by atoms with Crippen molar-refractivity contribution < 1.29 is 9.53 Å². The van der Waals surface area contributed by atoms with Gasteiger partial charge in [0.25, 0.3) is 0 Å². The van der Waals surface area contributed by atoms with E-state index in [-0.39, 0.29) is 11.8 Å². The molecule has 1 fully saturated rings. The summed E-state index contributed by atoms with van der Waals surface area (Å²) in [6, 6.07) is 16.7. The third kappa shape index (κ3) is 5.09. The molecular formula is C23H22Cl2N4O2. The van der Waals surface area contributed by atoms with Gasteiger partial charge in [-0.15, -0.1) is 10.2 Å². The van der Waals surface area contributed by atoms with Gasteiger partial charge in [0.15, 0.2) is 5.82 Å². The van der Waals surface area contributed by atoms with Crippen molar-refractivity contribution >= 4 is 40.6 Å². The van der Waals surface area contributed by atoms with E-state index in [2.05, 4.69) is 20.4 Å². The smallest absolute Gasteiger partial charge is 0.227 e. The molecule has 0 radical (unpaired) electrons. The average Bonchev–Trinajstić information content (AvgIpc) is 2.78. The van der Waals surface area contributed by atoms with Crippen LogP contribution in [0.2, 0.25) is 10.0 Å². The fourth-order valence-corrected chi connectivity index (χ4v) is 4.26. The van der Waals surface area contributed by atoms with Gasteiger partial charge in [-0.05, 0) is 55.3 Å². The molecule has 0 atom stereocenters. The van der Waals surface area contributed by atoms with E-state index in [1.807, 2.05) is 36.4 Å². The predicted molar refractivity (Wildman–Crippen MR) is 124 cm³/mol. The number of methoxy groups -OCH3 is 1. The summed E-state index contributed by atoms with van der Waals surface area (Å²) in [5, 5.41) is 12.7. The second-order valence-electron chi connectivity index (χ2n) is 7.39. The molecule has 1 aliphatic rings. The summed E-state index contributed by atoms with van der Waals surface area (Å²) in [5.74, 6) is 1.47. The molecule has 2 heterocycles. The molecule has 1 aromatic heterocycles. The van der Waals surface area contributed by atoms with Crippen LogP contribution in [0.15, 0.2) is 54.6 Å². The first-order chi connectivity index (χ1) is 15.0. The van der Waals surface area contributed by atoms with Gasteiger partial charge in [-0.2, -0.15) is 0 Å². The number of amides is 1. The van der Waals surface area contributed by atoms with Crippen molar-refractivity contribution in [2.75, 3.05) is 30.4 Å². The maximum Gasteiger partial charge on any atom is 0.227 e. The van der Waals surface area contributed by atoms with Gasteiger partial charge < -0.3 is 15.0 Å². The molecule has 1 amide bonds. The standard InChI is InChI=1S/C23H22Cl2N4O2/c1-31-21-5-3-2-4-19(21)20-6-7-22(28-27-20)29-10-8-15(9-11-29)23(30)26-18-13-16(24)12-17(25)14-18/h2-7,12-15H,8-11H2,1H3,(H,26,30). The van der Waals surface area contributed by atoms with Crippen LogP contribution in [0.3, 0.4) is 0 Å². The summed E-state index contributed by atoms with van der Waals surface area (Å²) >= 11 is 12.0. The molecule has 0 bridgehead atoms. The number of hydrogen-bond acceptors (Lipinski definition) is 5. The number of rotatable bonds is 5. The molecular weight excluding hydrogens is 435 g/mol. The third-order valence-corrected chi connectivity index (χ3v) is 5.79. The Bertz CT molecular complexity index is 1050. The van der Waals surface area contributed by atoms with Crippen molar-refractivity contribution in [1.82, 2.24) is 10.2 Å². The van der Waals surface area contributed by atoms with Gasteiger partial charge in [0.05, 0.1) is 12.8 Å². The van der Waals surface area contributed by atoms with Crippen LogP contribution in [0.4, 0.5) is 11.5 Å². The minimum absolute atomic E-state index is 0.0180. The van der Waals surface area contributed by atoms with E-state index >= 15 is 0 Å². The van der Waals surface area contributed by atoms with E-state index in [1.54, 1.807) is 25.3 Å². The minimum atomic E-state index is -0.0742. The fraction of sp³-hybridized carbons (Fsp3) is 0.261. The number of benzene rings is 2. The largest absolute Gasteiger partial charge is 0.496 e. The zero-order valence-corrected chi connectivity index (χ0v) is 18.5. The van der Waals surface area contributed by atoms with Gasteiger partial charge in [0, 0.05) is 40.3 Å². The summed E-state index contributed by atoms with van der Waals surface area (Å²) in [7, 11) is 1.64. The zero-order chi connectivity index (χ0) is 21.8. The van der Waals surface area contributed by atoms with Crippen LogP contribution in [0, 0.1) is 5.92 Å². The van der Waals surface area contributed by atoms with E-state index in [1.165, 1.54) is 0 Å². The van der Waals surface area contributed by atoms with Crippen molar-refractivity contribution in [3.05, 3.63) is 64.6 Å². The lowest BCUT2D eigenvalue weighted by Gasteiger charge is -2.31. The fourth-order valence-electron chi connectivity index (χ4n) is 3.73. The number of carbonyl (C=O) groups is 1. The zero-order valence-electron chi connectivity index (χ0n) is 17.0. The van der Waals surface area contributed by atoms with Gasteiger partial charge in [-0.3, -0.25) is 4.79 Å². The lowest BCUT2D eigenvalue weighted by molar-refractivity contribution is -0.120. The molecule has 3 aromatic rings.